The van der Waals surface area contributed by atoms with Gasteiger partial charge in [-0.3, -0.25) is 0 Å². The number of hydrogen-bond donors (Lipinski definition) is 3. The molecule has 0 radical (unpaired) electrons. The molecule has 96 valence electrons. The molecular formula is C12H18BrNO3. The zero-order valence-corrected chi connectivity index (χ0v) is 11.4. The molecule has 1 aromatic carbocycles. The summed E-state index contributed by atoms with van der Waals surface area (Å²) >= 11 is 3.41. The number of hydrogen-bond acceptors (Lipinski definition) is 4. The maximum atomic E-state index is 9.27. The molecule has 4 nitrogen and oxygen atoms in total. The van der Waals surface area contributed by atoms with E-state index in [-0.39, 0.29) is 13.2 Å². The van der Waals surface area contributed by atoms with Crippen LogP contribution in [-0.2, 0) is 6.54 Å². The van der Waals surface area contributed by atoms with E-state index in [1.54, 1.807) is 0 Å². The van der Waals surface area contributed by atoms with Crippen molar-refractivity contribution in [3.63, 3.8) is 0 Å². The van der Waals surface area contributed by atoms with Crippen molar-refractivity contribution in [3.8, 4) is 5.75 Å². The Labute approximate surface area is 110 Å². The van der Waals surface area contributed by atoms with Crippen molar-refractivity contribution in [2.75, 3.05) is 19.8 Å². The summed E-state index contributed by atoms with van der Waals surface area (Å²) in [6.45, 7) is 3.41. The van der Waals surface area contributed by atoms with Crippen LogP contribution in [0.4, 0.5) is 0 Å². The van der Waals surface area contributed by atoms with Gasteiger partial charge in [-0.05, 0) is 28.5 Å². The Balaban J connectivity index is 2.72. The third-order valence-electron chi connectivity index (χ3n) is 2.24. The average molecular weight is 304 g/mol. The van der Waals surface area contributed by atoms with Crippen molar-refractivity contribution in [1.29, 1.82) is 0 Å². The Bertz CT molecular complexity index is 347. The number of aliphatic hydroxyl groups excluding tert-OH is 2. The topological polar surface area (TPSA) is 61.7 Å². The van der Waals surface area contributed by atoms with Gasteiger partial charge in [-0.1, -0.05) is 19.1 Å². The van der Waals surface area contributed by atoms with E-state index >= 15 is 0 Å². The lowest BCUT2D eigenvalue weighted by molar-refractivity contribution is 0.0530. The molecule has 1 rings (SSSR count). The standard InChI is InChI=1S/C12H18BrNO3/c1-2-14-6-9-4-3-5-11(13)12(9)17-8-10(16)7-15/h3-5,10,14-16H,2,6-8H2,1H3. The van der Waals surface area contributed by atoms with Crippen LogP contribution in [0.3, 0.4) is 0 Å². The molecule has 5 heteroatoms. The van der Waals surface area contributed by atoms with Gasteiger partial charge in [0.15, 0.2) is 0 Å². The molecule has 0 amide bonds. The number of aliphatic hydroxyl groups is 2. The van der Waals surface area contributed by atoms with E-state index in [0.717, 1.165) is 16.6 Å². The van der Waals surface area contributed by atoms with E-state index in [1.807, 2.05) is 25.1 Å². The predicted octanol–water partition coefficient (Wildman–Crippen LogP) is 1.29. The molecule has 0 aromatic heterocycles. The fourth-order valence-electron chi connectivity index (χ4n) is 1.35. The number of nitrogens with one attached hydrogen (secondary N) is 1. The van der Waals surface area contributed by atoms with Crippen LogP contribution in [0.1, 0.15) is 12.5 Å². The first-order valence-corrected chi connectivity index (χ1v) is 6.38. The first kappa shape index (κ1) is 14.4. The van der Waals surface area contributed by atoms with E-state index in [9.17, 15) is 5.11 Å². The second kappa shape index (κ2) is 7.66. The maximum absolute atomic E-state index is 9.27. The highest BCUT2D eigenvalue weighted by Gasteiger charge is 2.10. The number of ether oxygens (including phenoxy) is 1. The molecule has 3 N–H and O–H groups in total. The molecule has 1 atom stereocenters. The number of benzene rings is 1. The van der Waals surface area contributed by atoms with Gasteiger partial charge in [0, 0.05) is 12.1 Å². The van der Waals surface area contributed by atoms with E-state index in [1.165, 1.54) is 0 Å². The molecule has 1 aromatic rings. The third-order valence-corrected chi connectivity index (χ3v) is 2.87. The Kier molecular flexibility index (Phi) is 6.50. The summed E-state index contributed by atoms with van der Waals surface area (Å²) < 4.78 is 6.37. The van der Waals surface area contributed by atoms with Gasteiger partial charge in [0.1, 0.15) is 18.5 Å². The number of halogens is 1. The fraction of sp³-hybridized carbons (Fsp3) is 0.500. The predicted molar refractivity (Wildman–Crippen MR) is 70.1 cm³/mol. The minimum Gasteiger partial charge on any atom is -0.489 e. The van der Waals surface area contributed by atoms with E-state index in [4.69, 9.17) is 9.84 Å². The Morgan fingerprint density at radius 1 is 1.47 bits per heavy atom. The number of para-hydroxylation sites is 1. The zero-order valence-electron chi connectivity index (χ0n) is 9.82. The number of rotatable bonds is 7. The van der Waals surface area contributed by atoms with Crippen LogP contribution >= 0.6 is 15.9 Å². The van der Waals surface area contributed by atoms with Crippen LogP contribution < -0.4 is 10.1 Å². The normalized spacial score (nSPS) is 12.5. The highest BCUT2D eigenvalue weighted by atomic mass is 79.9. The van der Waals surface area contributed by atoms with Crippen LogP contribution in [0.25, 0.3) is 0 Å². The van der Waals surface area contributed by atoms with E-state index in [0.29, 0.717) is 12.3 Å². The Hall–Kier alpha value is -0.620. The SMILES string of the molecule is CCNCc1cccc(Br)c1OCC(O)CO. The monoisotopic (exact) mass is 303 g/mol. The van der Waals surface area contributed by atoms with Gasteiger partial charge in [0.05, 0.1) is 11.1 Å². The highest BCUT2D eigenvalue weighted by Crippen LogP contribution is 2.29. The summed E-state index contributed by atoms with van der Waals surface area (Å²) in [4.78, 5) is 0. The summed E-state index contributed by atoms with van der Waals surface area (Å²) in [6.07, 6.45) is -0.853. The van der Waals surface area contributed by atoms with Gasteiger partial charge in [-0.2, -0.15) is 0 Å². The van der Waals surface area contributed by atoms with Gasteiger partial charge in [-0.15, -0.1) is 0 Å². The van der Waals surface area contributed by atoms with Crippen molar-refractivity contribution in [3.05, 3.63) is 28.2 Å². The molecule has 1 unspecified atom stereocenters. The minimum atomic E-state index is -0.853. The third kappa shape index (κ3) is 4.63. The molecule has 0 spiro atoms. The van der Waals surface area contributed by atoms with Gasteiger partial charge in [-0.25, -0.2) is 0 Å². The summed E-state index contributed by atoms with van der Waals surface area (Å²) in [5.41, 5.74) is 1.02. The van der Waals surface area contributed by atoms with Crippen molar-refractivity contribution in [2.45, 2.75) is 19.6 Å². The van der Waals surface area contributed by atoms with Crippen LogP contribution in [0.15, 0.2) is 22.7 Å². The Morgan fingerprint density at radius 3 is 2.88 bits per heavy atom. The van der Waals surface area contributed by atoms with Crippen molar-refractivity contribution in [2.24, 2.45) is 0 Å². The highest BCUT2D eigenvalue weighted by molar-refractivity contribution is 9.10. The summed E-state index contributed by atoms with van der Waals surface area (Å²) in [5, 5.41) is 21.2. The molecule has 0 bridgehead atoms. The average Bonchev–Trinajstić information content (AvgIpc) is 2.34. The molecule has 0 saturated heterocycles. The smallest absolute Gasteiger partial charge is 0.138 e. The molecule has 0 aliphatic heterocycles. The maximum Gasteiger partial charge on any atom is 0.138 e. The zero-order chi connectivity index (χ0) is 12.7. The molecule has 0 fully saturated rings. The van der Waals surface area contributed by atoms with E-state index < -0.39 is 6.10 Å². The lowest BCUT2D eigenvalue weighted by Gasteiger charge is -2.15. The molecule has 0 saturated carbocycles. The van der Waals surface area contributed by atoms with Crippen molar-refractivity contribution < 1.29 is 14.9 Å². The first-order chi connectivity index (χ1) is 8.19. The fourth-order valence-corrected chi connectivity index (χ4v) is 1.87. The lowest BCUT2D eigenvalue weighted by atomic mass is 10.2. The second-order valence-corrected chi connectivity index (χ2v) is 4.51. The van der Waals surface area contributed by atoms with Crippen LogP contribution in [0.5, 0.6) is 5.75 Å². The van der Waals surface area contributed by atoms with E-state index in [2.05, 4.69) is 21.2 Å². The summed E-state index contributed by atoms with van der Waals surface area (Å²) in [6, 6.07) is 5.79. The molecule has 17 heavy (non-hydrogen) atoms. The molecule has 0 aliphatic carbocycles. The largest absolute Gasteiger partial charge is 0.489 e. The minimum absolute atomic E-state index is 0.0816. The molecule has 0 aliphatic rings. The van der Waals surface area contributed by atoms with Crippen LogP contribution in [-0.4, -0.2) is 36.1 Å². The lowest BCUT2D eigenvalue weighted by Crippen LogP contribution is -2.22. The van der Waals surface area contributed by atoms with Gasteiger partial charge < -0.3 is 20.3 Å². The first-order valence-electron chi connectivity index (χ1n) is 5.58. The quantitative estimate of drug-likeness (QED) is 0.710. The van der Waals surface area contributed by atoms with Gasteiger partial charge in [0.25, 0.3) is 0 Å². The van der Waals surface area contributed by atoms with Crippen LogP contribution in [0, 0.1) is 0 Å². The van der Waals surface area contributed by atoms with Gasteiger partial charge in [0.2, 0.25) is 0 Å². The Morgan fingerprint density at radius 2 is 2.24 bits per heavy atom. The summed E-state index contributed by atoms with van der Waals surface area (Å²) in [5.74, 6) is 0.709. The van der Waals surface area contributed by atoms with Gasteiger partial charge >= 0.3 is 0 Å². The molecular weight excluding hydrogens is 286 g/mol. The molecule has 0 heterocycles. The van der Waals surface area contributed by atoms with Crippen LogP contribution in [0.2, 0.25) is 0 Å². The van der Waals surface area contributed by atoms with Crippen molar-refractivity contribution in [1.82, 2.24) is 5.32 Å². The summed E-state index contributed by atoms with van der Waals surface area (Å²) in [7, 11) is 0. The van der Waals surface area contributed by atoms with Crippen molar-refractivity contribution >= 4 is 15.9 Å². The second-order valence-electron chi connectivity index (χ2n) is 3.66.